The van der Waals surface area contributed by atoms with Crippen molar-refractivity contribution in [2.75, 3.05) is 13.1 Å². The van der Waals surface area contributed by atoms with Gasteiger partial charge in [0.1, 0.15) is 5.82 Å². The van der Waals surface area contributed by atoms with E-state index in [1.165, 1.54) is 6.07 Å². The minimum Gasteiger partial charge on any atom is -0.336 e. The second-order valence-corrected chi connectivity index (χ2v) is 5.19. The van der Waals surface area contributed by atoms with Crippen LogP contribution in [0.2, 0.25) is 0 Å². The number of rotatable bonds is 3. The zero-order valence-corrected chi connectivity index (χ0v) is 12.6. The molecule has 0 radical (unpaired) electrons. The number of hydrogen-bond acceptors (Lipinski definition) is 2. The fraction of sp³-hybridized carbons (Fsp3) is 0.533. The van der Waals surface area contributed by atoms with Crippen LogP contribution in [0.15, 0.2) is 18.2 Å². The van der Waals surface area contributed by atoms with Crippen LogP contribution in [0.4, 0.5) is 4.39 Å². The third kappa shape index (κ3) is 3.70. The van der Waals surface area contributed by atoms with Gasteiger partial charge in [-0.2, -0.15) is 0 Å². The van der Waals surface area contributed by atoms with Gasteiger partial charge in [-0.25, -0.2) is 4.39 Å². The van der Waals surface area contributed by atoms with Gasteiger partial charge in [-0.15, -0.1) is 12.4 Å². The van der Waals surface area contributed by atoms with Gasteiger partial charge < -0.3 is 10.6 Å². The minimum atomic E-state index is -0.321. The quantitative estimate of drug-likeness (QED) is 0.933. The summed E-state index contributed by atoms with van der Waals surface area (Å²) >= 11 is 0. The van der Waals surface area contributed by atoms with Crippen molar-refractivity contribution < 1.29 is 9.18 Å². The van der Waals surface area contributed by atoms with Crippen molar-refractivity contribution in [3.05, 3.63) is 35.1 Å². The molecule has 2 rings (SSSR count). The van der Waals surface area contributed by atoms with Crippen LogP contribution in [0.3, 0.4) is 0 Å². The van der Waals surface area contributed by atoms with E-state index >= 15 is 0 Å². The van der Waals surface area contributed by atoms with E-state index in [9.17, 15) is 9.18 Å². The van der Waals surface area contributed by atoms with Crippen LogP contribution < -0.4 is 5.73 Å². The van der Waals surface area contributed by atoms with Crippen molar-refractivity contribution in [1.82, 2.24) is 4.90 Å². The molecule has 1 saturated heterocycles. The molecule has 1 amide bonds. The summed E-state index contributed by atoms with van der Waals surface area (Å²) in [5.41, 5.74) is 6.61. The summed E-state index contributed by atoms with van der Waals surface area (Å²) in [5, 5.41) is 0. The number of hydrogen-bond donors (Lipinski definition) is 1. The topological polar surface area (TPSA) is 46.3 Å². The maximum Gasteiger partial charge on any atom is 0.254 e. The third-order valence-electron chi connectivity index (χ3n) is 3.81. The molecule has 1 aliphatic rings. The Hall–Kier alpha value is -1.13. The number of nitrogens with two attached hydrogens (primary N) is 1. The molecule has 3 nitrogen and oxygen atoms in total. The normalized spacial score (nSPS) is 18.6. The van der Waals surface area contributed by atoms with Gasteiger partial charge in [0, 0.05) is 18.2 Å². The first-order chi connectivity index (χ1) is 9.13. The number of benzene rings is 1. The zero-order chi connectivity index (χ0) is 13.8. The third-order valence-corrected chi connectivity index (χ3v) is 3.81. The summed E-state index contributed by atoms with van der Waals surface area (Å²) in [6.45, 7) is 3.03. The lowest BCUT2D eigenvalue weighted by Crippen LogP contribution is -2.44. The number of halogens is 2. The molecule has 5 heteroatoms. The highest BCUT2D eigenvalue weighted by Gasteiger charge is 2.27. The number of amides is 1. The molecule has 2 N–H and O–H groups in total. The number of aryl methyl sites for hydroxylation is 1. The van der Waals surface area contributed by atoms with E-state index in [0.717, 1.165) is 32.2 Å². The van der Waals surface area contributed by atoms with Crippen LogP contribution in [-0.4, -0.2) is 29.9 Å². The van der Waals surface area contributed by atoms with Crippen LogP contribution in [0.5, 0.6) is 0 Å². The average molecular weight is 301 g/mol. The summed E-state index contributed by atoms with van der Waals surface area (Å²) in [6, 6.07) is 4.90. The molecule has 112 valence electrons. The molecule has 1 aromatic rings. The molecule has 1 heterocycles. The Bertz CT molecular complexity index is 465. The summed E-state index contributed by atoms with van der Waals surface area (Å²) in [5.74, 6) is -0.393. The smallest absolute Gasteiger partial charge is 0.254 e. The van der Waals surface area contributed by atoms with Crippen LogP contribution >= 0.6 is 12.4 Å². The molecule has 0 aromatic heterocycles. The molecule has 20 heavy (non-hydrogen) atoms. The van der Waals surface area contributed by atoms with Crippen molar-refractivity contribution >= 4 is 18.3 Å². The first-order valence-electron chi connectivity index (χ1n) is 6.90. The maximum atomic E-state index is 13.6. The first-order valence-corrected chi connectivity index (χ1v) is 6.90. The average Bonchev–Trinajstić information content (AvgIpc) is 2.42. The fourth-order valence-corrected chi connectivity index (χ4v) is 2.65. The summed E-state index contributed by atoms with van der Waals surface area (Å²) < 4.78 is 13.6. The van der Waals surface area contributed by atoms with E-state index in [2.05, 4.69) is 0 Å². The molecule has 0 saturated carbocycles. The highest BCUT2D eigenvalue weighted by Crippen LogP contribution is 2.22. The molecule has 1 atom stereocenters. The second kappa shape index (κ2) is 7.60. The minimum absolute atomic E-state index is 0. The Morgan fingerprint density at radius 2 is 2.20 bits per heavy atom. The predicted octanol–water partition coefficient (Wildman–Crippen LogP) is 2.90. The predicted molar refractivity (Wildman–Crippen MR) is 80.7 cm³/mol. The molecular formula is C15H22ClFN2O. The Morgan fingerprint density at radius 1 is 1.45 bits per heavy atom. The van der Waals surface area contributed by atoms with Crippen molar-refractivity contribution in [1.29, 1.82) is 0 Å². The number of nitrogens with zero attached hydrogens (tertiary/aromatic N) is 1. The highest BCUT2D eigenvalue weighted by molar-refractivity contribution is 5.94. The number of likely N-dealkylation sites (tertiary alicyclic amines) is 1. The van der Waals surface area contributed by atoms with Crippen LogP contribution in [0.25, 0.3) is 0 Å². The maximum absolute atomic E-state index is 13.6. The monoisotopic (exact) mass is 300 g/mol. The standard InChI is InChI=1S/C15H21FN2O.ClH/c1-11-5-6-12(10-14(11)16)15(19)18-9-3-2-4-13(18)7-8-17;/h5-6,10,13H,2-4,7-9,17H2,1H3;1H. The van der Waals surface area contributed by atoms with Gasteiger partial charge >= 0.3 is 0 Å². The van der Waals surface area contributed by atoms with Crippen molar-refractivity contribution in [2.45, 2.75) is 38.6 Å². The molecular weight excluding hydrogens is 279 g/mol. The SMILES string of the molecule is Cc1ccc(C(=O)N2CCCCC2CCN)cc1F.Cl. The van der Waals surface area contributed by atoms with E-state index < -0.39 is 0 Å². The highest BCUT2D eigenvalue weighted by atomic mass is 35.5. The van der Waals surface area contributed by atoms with Gasteiger partial charge in [-0.3, -0.25) is 4.79 Å². The largest absolute Gasteiger partial charge is 0.336 e. The molecule has 1 aromatic carbocycles. The van der Waals surface area contributed by atoms with Crippen molar-refractivity contribution in [3.63, 3.8) is 0 Å². The Labute approximate surface area is 125 Å². The second-order valence-electron chi connectivity index (χ2n) is 5.19. The molecule has 0 aliphatic carbocycles. The van der Waals surface area contributed by atoms with Gasteiger partial charge in [0.2, 0.25) is 0 Å². The van der Waals surface area contributed by atoms with Gasteiger partial charge in [0.25, 0.3) is 5.91 Å². The Kier molecular flexibility index (Phi) is 6.43. The zero-order valence-electron chi connectivity index (χ0n) is 11.8. The first kappa shape index (κ1) is 16.9. The fourth-order valence-electron chi connectivity index (χ4n) is 2.65. The van der Waals surface area contributed by atoms with E-state index in [1.54, 1.807) is 19.1 Å². The molecule has 0 spiro atoms. The van der Waals surface area contributed by atoms with Crippen LogP contribution in [-0.2, 0) is 0 Å². The number of carbonyl (C=O) groups excluding carboxylic acids is 1. The number of piperidine rings is 1. The molecule has 1 unspecified atom stereocenters. The summed E-state index contributed by atoms with van der Waals surface area (Å²) in [7, 11) is 0. The van der Waals surface area contributed by atoms with Crippen LogP contribution in [0, 0.1) is 12.7 Å². The van der Waals surface area contributed by atoms with Gasteiger partial charge in [0.15, 0.2) is 0 Å². The van der Waals surface area contributed by atoms with Crippen molar-refractivity contribution in [2.24, 2.45) is 5.73 Å². The Balaban J connectivity index is 0.00000200. The lowest BCUT2D eigenvalue weighted by molar-refractivity contribution is 0.0604. The molecule has 0 bridgehead atoms. The lowest BCUT2D eigenvalue weighted by Gasteiger charge is -2.35. The van der Waals surface area contributed by atoms with E-state index in [4.69, 9.17) is 5.73 Å². The lowest BCUT2D eigenvalue weighted by atomic mass is 9.98. The summed E-state index contributed by atoms with van der Waals surface area (Å²) in [4.78, 5) is 14.3. The molecule has 1 aliphatic heterocycles. The van der Waals surface area contributed by atoms with E-state index in [0.29, 0.717) is 17.7 Å². The Morgan fingerprint density at radius 3 is 2.85 bits per heavy atom. The van der Waals surface area contributed by atoms with Crippen molar-refractivity contribution in [3.8, 4) is 0 Å². The van der Waals surface area contributed by atoms with Gasteiger partial charge in [-0.1, -0.05) is 6.07 Å². The van der Waals surface area contributed by atoms with Gasteiger partial charge in [0.05, 0.1) is 0 Å². The molecule has 1 fully saturated rings. The summed E-state index contributed by atoms with van der Waals surface area (Å²) in [6.07, 6.45) is 3.97. The van der Waals surface area contributed by atoms with Gasteiger partial charge in [-0.05, 0) is 56.8 Å². The van der Waals surface area contributed by atoms with Crippen LogP contribution in [0.1, 0.15) is 41.6 Å². The number of carbonyl (C=O) groups is 1. The van der Waals surface area contributed by atoms with E-state index in [1.807, 2.05) is 4.90 Å². The van der Waals surface area contributed by atoms with E-state index in [-0.39, 0.29) is 30.2 Å².